The van der Waals surface area contributed by atoms with Crippen LogP contribution in [0.4, 0.5) is 0 Å². The van der Waals surface area contributed by atoms with Gasteiger partial charge >= 0.3 is 0 Å². The zero-order valence-electron chi connectivity index (χ0n) is 24.7. The molecular formula is C33H36Cl2N2O6S. The zero-order chi connectivity index (χ0) is 31.5. The smallest absolute Gasteiger partial charge is 0.255 e. The SMILES string of the molecule is CC(C)(O)c1ccc2c(c1)C(=O)N(Cc1ccc(Cl)cc1S(=O)(=O)N1CCOCC1)[C@]2(CC1(CO)CC1)c1ccc(Cl)cc1. The number of carbonyl (C=O) groups excluding carboxylic acids is 1. The molecule has 1 atom stereocenters. The Bertz CT molecular complexity index is 1700. The Hall–Kier alpha value is -2.50. The van der Waals surface area contributed by atoms with Crippen molar-refractivity contribution in [3.63, 3.8) is 0 Å². The molecule has 0 unspecified atom stereocenters. The number of hydrogen-bond donors (Lipinski definition) is 2. The third kappa shape index (κ3) is 5.47. The molecule has 3 aromatic carbocycles. The van der Waals surface area contributed by atoms with E-state index >= 15 is 0 Å². The summed E-state index contributed by atoms with van der Waals surface area (Å²) in [5.74, 6) is -0.292. The van der Waals surface area contributed by atoms with Crippen molar-refractivity contribution in [2.24, 2.45) is 5.41 Å². The van der Waals surface area contributed by atoms with Gasteiger partial charge in [-0.25, -0.2) is 8.42 Å². The predicted octanol–water partition coefficient (Wildman–Crippen LogP) is 5.30. The van der Waals surface area contributed by atoms with Crippen LogP contribution in [-0.4, -0.2) is 66.7 Å². The molecule has 44 heavy (non-hydrogen) atoms. The van der Waals surface area contributed by atoms with E-state index < -0.39 is 26.6 Å². The average molecular weight is 660 g/mol. The van der Waals surface area contributed by atoms with Crippen LogP contribution in [0.25, 0.3) is 0 Å². The van der Waals surface area contributed by atoms with Crippen LogP contribution < -0.4 is 0 Å². The summed E-state index contributed by atoms with van der Waals surface area (Å²) in [7, 11) is -3.96. The molecule has 0 radical (unpaired) electrons. The Balaban J connectivity index is 1.56. The molecule has 2 heterocycles. The molecule has 234 valence electrons. The second-order valence-electron chi connectivity index (χ2n) is 12.7. The van der Waals surface area contributed by atoms with Gasteiger partial charge in [0.2, 0.25) is 10.0 Å². The van der Waals surface area contributed by atoms with Gasteiger partial charge in [-0.3, -0.25) is 4.79 Å². The number of aliphatic hydroxyl groups is 2. The van der Waals surface area contributed by atoms with E-state index in [1.807, 2.05) is 24.3 Å². The molecule has 1 saturated heterocycles. The highest BCUT2D eigenvalue weighted by Gasteiger charge is 2.58. The van der Waals surface area contributed by atoms with Crippen molar-refractivity contribution in [1.82, 2.24) is 9.21 Å². The van der Waals surface area contributed by atoms with Crippen molar-refractivity contribution in [2.45, 2.75) is 55.7 Å². The number of halogens is 2. The maximum absolute atomic E-state index is 14.6. The minimum Gasteiger partial charge on any atom is -0.396 e. The third-order valence-corrected chi connectivity index (χ3v) is 11.8. The van der Waals surface area contributed by atoms with Crippen molar-refractivity contribution in [3.05, 3.63) is 98.5 Å². The van der Waals surface area contributed by atoms with Crippen LogP contribution in [0.1, 0.15) is 65.7 Å². The number of morpholine rings is 1. The molecule has 11 heteroatoms. The Labute approximate surface area is 268 Å². The van der Waals surface area contributed by atoms with E-state index in [0.29, 0.717) is 41.3 Å². The largest absolute Gasteiger partial charge is 0.396 e. The molecule has 6 rings (SSSR count). The molecule has 1 saturated carbocycles. The number of nitrogens with zero attached hydrogens (tertiary/aromatic N) is 2. The lowest BCUT2D eigenvalue weighted by molar-refractivity contribution is 0.0484. The highest BCUT2D eigenvalue weighted by atomic mass is 35.5. The van der Waals surface area contributed by atoms with Gasteiger partial charge in [0.05, 0.1) is 29.2 Å². The van der Waals surface area contributed by atoms with Gasteiger partial charge in [0, 0.05) is 41.8 Å². The van der Waals surface area contributed by atoms with Gasteiger partial charge in [0.1, 0.15) is 0 Å². The van der Waals surface area contributed by atoms with Crippen LogP contribution in [0.15, 0.2) is 65.6 Å². The highest BCUT2D eigenvalue weighted by molar-refractivity contribution is 7.89. The summed E-state index contributed by atoms with van der Waals surface area (Å²) < 4.78 is 34.7. The van der Waals surface area contributed by atoms with E-state index in [1.165, 1.54) is 10.4 Å². The number of rotatable bonds is 9. The Morgan fingerprint density at radius 3 is 2.23 bits per heavy atom. The molecule has 8 nitrogen and oxygen atoms in total. The molecule has 2 aliphatic heterocycles. The number of aliphatic hydroxyl groups excluding tert-OH is 1. The summed E-state index contributed by atoms with van der Waals surface area (Å²) in [5.41, 5.74) is 0.342. The maximum Gasteiger partial charge on any atom is 0.255 e. The van der Waals surface area contributed by atoms with Crippen molar-refractivity contribution >= 4 is 39.1 Å². The standard InChI is InChI=1S/C33H36Cl2N2O6S/c1-31(2,40)24-6-10-28-27(17-24)30(39)37(33(28,20-32(21-38)11-12-32)23-4-8-25(34)9-5-23)19-22-3-7-26(35)18-29(22)44(41,42)36-13-15-43-16-14-36/h3-10,17-18,38,40H,11-16,19-21H2,1-2H3/t33-/m1/s1. The molecule has 3 aromatic rings. The van der Waals surface area contributed by atoms with Crippen LogP contribution in [0.2, 0.25) is 10.0 Å². The van der Waals surface area contributed by atoms with Gasteiger partial charge in [-0.1, -0.05) is 53.5 Å². The Morgan fingerprint density at radius 1 is 0.955 bits per heavy atom. The fourth-order valence-electron chi connectivity index (χ4n) is 6.57. The maximum atomic E-state index is 14.6. The van der Waals surface area contributed by atoms with Gasteiger partial charge in [0.15, 0.2) is 0 Å². The third-order valence-electron chi connectivity index (χ3n) is 9.30. The molecule has 0 bridgehead atoms. The topological polar surface area (TPSA) is 107 Å². The lowest BCUT2D eigenvalue weighted by Gasteiger charge is -2.43. The monoisotopic (exact) mass is 658 g/mol. The molecule has 2 fully saturated rings. The molecule has 1 amide bonds. The molecular weight excluding hydrogens is 623 g/mol. The minimum atomic E-state index is -3.96. The molecule has 3 aliphatic rings. The van der Waals surface area contributed by atoms with Gasteiger partial charge in [-0.05, 0) is 91.1 Å². The first-order chi connectivity index (χ1) is 20.8. The van der Waals surface area contributed by atoms with Crippen LogP contribution in [0, 0.1) is 5.41 Å². The number of sulfonamides is 1. The minimum absolute atomic E-state index is 0.0361. The number of ether oxygens (including phenoxy) is 1. The zero-order valence-corrected chi connectivity index (χ0v) is 27.1. The Kier molecular flexibility index (Phi) is 8.15. The molecule has 0 aromatic heterocycles. The van der Waals surface area contributed by atoms with Crippen LogP contribution in [0.3, 0.4) is 0 Å². The fraction of sp³-hybridized carbons (Fsp3) is 0.424. The van der Waals surface area contributed by atoms with Gasteiger partial charge in [-0.15, -0.1) is 0 Å². The van der Waals surface area contributed by atoms with Crippen LogP contribution in [-0.2, 0) is 32.4 Å². The number of benzene rings is 3. The molecule has 0 spiro atoms. The van der Waals surface area contributed by atoms with Crippen molar-refractivity contribution < 1.29 is 28.2 Å². The summed E-state index contributed by atoms with van der Waals surface area (Å²) in [5, 5.41) is 22.2. The first-order valence-corrected chi connectivity index (χ1v) is 16.9. The number of hydrogen-bond acceptors (Lipinski definition) is 6. The van der Waals surface area contributed by atoms with Gasteiger partial charge < -0.3 is 19.8 Å². The first-order valence-electron chi connectivity index (χ1n) is 14.7. The van der Waals surface area contributed by atoms with E-state index in [4.69, 9.17) is 27.9 Å². The quantitative estimate of drug-likeness (QED) is 0.323. The number of fused-ring (bicyclic) bond motifs is 1. The van der Waals surface area contributed by atoms with E-state index in [1.54, 1.807) is 49.1 Å². The van der Waals surface area contributed by atoms with Crippen molar-refractivity contribution in [1.29, 1.82) is 0 Å². The van der Waals surface area contributed by atoms with E-state index in [2.05, 4.69) is 0 Å². The summed E-state index contributed by atoms with van der Waals surface area (Å²) in [6.07, 6.45) is 2.03. The first kappa shape index (κ1) is 31.5. The van der Waals surface area contributed by atoms with E-state index in [9.17, 15) is 23.4 Å². The van der Waals surface area contributed by atoms with Crippen molar-refractivity contribution in [2.75, 3.05) is 32.9 Å². The lowest BCUT2D eigenvalue weighted by Crippen LogP contribution is -2.47. The van der Waals surface area contributed by atoms with E-state index in [-0.39, 0.29) is 42.1 Å². The second-order valence-corrected chi connectivity index (χ2v) is 15.5. The van der Waals surface area contributed by atoms with Crippen LogP contribution in [0.5, 0.6) is 0 Å². The summed E-state index contributed by atoms with van der Waals surface area (Å²) in [6, 6.07) is 17.5. The summed E-state index contributed by atoms with van der Waals surface area (Å²) >= 11 is 12.7. The van der Waals surface area contributed by atoms with Gasteiger partial charge in [0.25, 0.3) is 5.91 Å². The summed E-state index contributed by atoms with van der Waals surface area (Å²) in [4.78, 5) is 16.4. The van der Waals surface area contributed by atoms with Gasteiger partial charge in [-0.2, -0.15) is 4.31 Å². The van der Waals surface area contributed by atoms with E-state index in [0.717, 1.165) is 24.0 Å². The highest BCUT2D eigenvalue weighted by Crippen LogP contribution is 2.59. The number of carbonyl (C=O) groups is 1. The molecule has 2 N–H and O–H groups in total. The fourth-order valence-corrected chi connectivity index (χ4v) is 8.58. The Morgan fingerprint density at radius 2 is 1.61 bits per heavy atom. The predicted molar refractivity (Wildman–Crippen MR) is 168 cm³/mol. The lowest BCUT2D eigenvalue weighted by atomic mass is 9.74. The normalized spacial score (nSPS) is 21.9. The van der Waals surface area contributed by atoms with Crippen molar-refractivity contribution in [3.8, 4) is 0 Å². The van der Waals surface area contributed by atoms with Crippen LogP contribution >= 0.6 is 23.2 Å². The summed E-state index contributed by atoms with van der Waals surface area (Å²) in [6.45, 7) is 4.28. The molecule has 1 aliphatic carbocycles. The average Bonchev–Trinajstić information content (AvgIpc) is 3.74. The number of amides is 1. The second kappa shape index (κ2) is 11.4.